The molecule has 2 heteroatoms. The predicted octanol–water partition coefficient (Wildman–Crippen LogP) is 5.04. The van der Waals surface area contributed by atoms with Gasteiger partial charge in [0.05, 0.1) is 0 Å². The van der Waals surface area contributed by atoms with E-state index in [-0.39, 0.29) is 0 Å². The molecule has 0 amide bonds. The molecule has 0 aliphatic heterocycles. The largest absolute Gasteiger partial charge is 0.378 e. The van der Waals surface area contributed by atoms with Gasteiger partial charge in [0.1, 0.15) is 0 Å². The Balaban J connectivity index is 1.98. The van der Waals surface area contributed by atoms with Gasteiger partial charge in [-0.3, -0.25) is 0 Å². The van der Waals surface area contributed by atoms with Crippen molar-refractivity contribution in [1.29, 1.82) is 0 Å². The van der Waals surface area contributed by atoms with Crippen LogP contribution in [-0.2, 0) is 0 Å². The SMILES string of the molecule is CN(C)c1ccc(C=C2C=C(Br)c3ccccc32)cc1. The molecule has 1 aliphatic rings. The Morgan fingerprint density at radius 1 is 0.900 bits per heavy atom. The van der Waals surface area contributed by atoms with Gasteiger partial charge in [0.2, 0.25) is 0 Å². The first-order chi connectivity index (χ1) is 9.65. The minimum absolute atomic E-state index is 1.16. The van der Waals surface area contributed by atoms with Gasteiger partial charge < -0.3 is 4.90 Å². The summed E-state index contributed by atoms with van der Waals surface area (Å²) in [4.78, 5) is 2.11. The maximum absolute atomic E-state index is 3.64. The van der Waals surface area contributed by atoms with Crippen molar-refractivity contribution in [2.24, 2.45) is 0 Å². The molecule has 0 saturated carbocycles. The number of halogens is 1. The lowest BCUT2D eigenvalue weighted by molar-refractivity contribution is 1.13. The highest BCUT2D eigenvalue weighted by Gasteiger charge is 2.15. The van der Waals surface area contributed by atoms with Crippen molar-refractivity contribution in [2.75, 3.05) is 19.0 Å². The van der Waals surface area contributed by atoms with E-state index in [0.717, 1.165) is 4.48 Å². The van der Waals surface area contributed by atoms with E-state index in [1.807, 2.05) is 0 Å². The van der Waals surface area contributed by atoms with Crippen LogP contribution in [0.3, 0.4) is 0 Å². The van der Waals surface area contributed by atoms with Crippen molar-refractivity contribution >= 4 is 37.7 Å². The summed E-state index contributed by atoms with van der Waals surface area (Å²) in [6.07, 6.45) is 4.41. The number of anilines is 1. The first-order valence-electron chi connectivity index (χ1n) is 6.61. The molecule has 20 heavy (non-hydrogen) atoms. The van der Waals surface area contributed by atoms with E-state index in [4.69, 9.17) is 0 Å². The van der Waals surface area contributed by atoms with Crippen LogP contribution in [0, 0.1) is 0 Å². The summed E-state index contributed by atoms with van der Waals surface area (Å²) in [7, 11) is 4.11. The Bertz CT molecular complexity index is 694. The first kappa shape index (κ1) is 13.2. The Hall–Kier alpha value is -1.80. The van der Waals surface area contributed by atoms with Gasteiger partial charge >= 0.3 is 0 Å². The third kappa shape index (κ3) is 2.44. The molecular weight excluding hydrogens is 310 g/mol. The molecule has 0 saturated heterocycles. The molecule has 0 spiro atoms. The second kappa shape index (κ2) is 5.29. The lowest BCUT2D eigenvalue weighted by atomic mass is 10.0. The van der Waals surface area contributed by atoms with Crippen molar-refractivity contribution in [2.45, 2.75) is 0 Å². The molecule has 2 aromatic rings. The zero-order valence-electron chi connectivity index (χ0n) is 11.6. The highest BCUT2D eigenvalue weighted by molar-refractivity contribution is 9.15. The van der Waals surface area contributed by atoms with Crippen LogP contribution in [0.15, 0.2) is 54.6 Å². The van der Waals surface area contributed by atoms with E-state index in [1.165, 1.54) is 28.0 Å². The summed E-state index contributed by atoms with van der Waals surface area (Å²) >= 11 is 3.64. The van der Waals surface area contributed by atoms with Crippen molar-refractivity contribution in [1.82, 2.24) is 0 Å². The molecule has 0 bridgehead atoms. The Labute approximate surface area is 128 Å². The maximum Gasteiger partial charge on any atom is 0.0361 e. The van der Waals surface area contributed by atoms with Gasteiger partial charge in [-0.1, -0.05) is 52.3 Å². The number of benzene rings is 2. The Morgan fingerprint density at radius 2 is 1.55 bits per heavy atom. The fourth-order valence-electron chi connectivity index (χ4n) is 2.40. The molecular formula is C18H16BrN. The monoisotopic (exact) mass is 325 g/mol. The van der Waals surface area contributed by atoms with Gasteiger partial charge in [-0.2, -0.15) is 0 Å². The van der Waals surface area contributed by atoms with E-state index >= 15 is 0 Å². The highest BCUT2D eigenvalue weighted by atomic mass is 79.9. The fourth-order valence-corrected chi connectivity index (χ4v) is 3.00. The topological polar surface area (TPSA) is 3.24 Å². The average Bonchev–Trinajstić information content (AvgIpc) is 2.77. The van der Waals surface area contributed by atoms with E-state index in [0.29, 0.717) is 0 Å². The van der Waals surface area contributed by atoms with Crippen molar-refractivity contribution in [3.8, 4) is 0 Å². The summed E-state index contributed by atoms with van der Waals surface area (Å²) in [5.41, 5.74) is 6.25. The van der Waals surface area contributed by atoms with Crippen LogP contribution in [0.25, 0.3) is 16.1 Å². The van der Waals surface area contributed by atoms with Gasteiger partial charge in [-0.15, -0.1) is 0 Å². The number of hydrogen-bond acceptors (Lipinski definition) is 1. The number of fused-ring (bicyclic) bond motifs is 1. The number of allylic oxidation sites excluding steroid dienone is 2. The molecule has 0 atom stereocenters. The van der Waals surface area contributed by atoms with Crippen molar-refractivity contribution < 1.29 is 0 Å². The quantitative estimate of drug-likeness (QED) is 0.747. The van der Waals surface area contributed by atoms with Crippen LogP contribution < -0.4 is 4.90 Å². The molecule has 1 nitrogen and oxygen atoms in total. The molecule has 1 aliphatic carbocycles. The van der Waals surface area contributed by atoms with Crippen molar-refractivity contribution in [3.05, 3.63) is 71.3 Å². The summed E-state index contributed by atoms with van der Waals surface area (Å²) in [5.74, 6) is 0. The van der Waals surface area contributed by atoms with Crippen LogP contribution in [-0.4, -0.2) is 14.1 Å². The highest BCUT2D eigenvalue weighted by Crippen LogP contribution is 2.39. The van der Waals surface area contributed by atoms with Crippen LogP contribution in [0.4, 0.5) is 5.69 Å². The van der Waals surface area contributed by atoms with E-state index in [1.54, 1.807) is 0 Å². The van der Waals surface area contributed by atoms with Crippen LogP contribution in [0.2, 0.25) is 0 Å². The van der Waals surface area contributed by atoms with Crippen molar-refractivity contribution in [3.63, 3.8) is 0 Å². The standard InChI is InChI=1S/C18H16BrN/c1-20(2)15-9-7-13(8-10-15)11-14-12-18(19)17-6-4-3-5-16(14)17/h3-12H,1-2H3. The predicted molar refractivity (Wildman–Crippen MR) is 92.0 cm³/mol. The smallest absolute Gasteiger partial charge is 0.0361 e. The summed E-state index contributed by atoms with van der Waals surface area (Å²) in [6, 6.07) is 17.1. The lowest BCUT2D eigenvalue weighted by Gasteiger charge is -2.12. The summed E-state index contributed by atoms with van der Waals surface area (Å²) in [5, 5.41) is 0. The maximum atomic E-state index is 3.64. The molecule has 0 N–H and O–H groups in total. The number of nitrogens with zero attached hydrogens (tertiary/aromatic N) is 1. The second-order valence-corrected chi connectivity index (χ2v) is 5.98. The van der Waals surface area contributed by atoms with Gasteiger partial charge in [-0.05, 0) is 46.5 Å². The molecule has 2 aromatic carbocycles. The van der Waals surface area contributed by atoms with E-state index < -0.39 is 0 Å². The zero-order chi connectivity index (χ0) is 14.1. The molecule has 0 aromatic heterocycles. The van der Waals surface area contributed by atoms with Gasteiger partial charge in [0.25, 0.3) is 0 Å². The minimum atomic E-state index is 1.16. The Morgan fingerprint density at radius 3 is 2.20 bits per heavy atom. The molecule has 3 rings (SSSR count). The third-order valence-electron chi connectivity index (χ3n) is 3.51. The molecule has 0 fully saturated rings. The van der Waals surface area contributed by atoms with Crippen LogP contribution in [0.5, 0.6) is 0 Å². The normalized spacial score (nSPS) is 15.2. The van der Waals surface area contributed by atoms with Crippen LogP contribution >= 0.6 is 15.9 Å². The van der Waals surface area contributed by atoms with E-state index in [9.17, 15) is 0 Å². The average molecular weight is 326 g/mol. The summed E-state index contributed by atoms with van der Waals surface area (Å²) < 4.78 is 1.16. The third-order valence-corrected chi connectivity index (χ3v) is 4.17. The van der Waals surface area contributed by atoms with E-state index in [2.05, 4.69) is 95.6 Å². The Kier molecular flexibility index (Phi) is 3.49. The van der Waals surface area contributed by atoms with Gasteiger partial charge in [0, 0.05) is 24.3 Å². The van der Waals surface area contributed by atoms with Gasteiger partial charge in [-0.25, -0.2) is 0 Å². The molecule has 0 radical (unpaired) electrons. The molecule has 0 heterocycles. The lowest BCUT2D eigenvalue weighted by Crippen LogP contribution is -2.07. The first-order valence-corrected chi connectivity index (χ1v) is 7.40. The minimum Gasteiger partial charge on any atom is -0.378 e. The van der Waals surface area contributed by atoms with Gasteiger partial charge in [0.15, 0.2) is 0 Å². The fraction of sp³-hybridized carbons (Fsp3) is 0.111. The molecule has 0 unspecified atom stereocenters. The molecule has 100 valence electrons. The zero-order valence-corrected chi connectivity index (χ0v) is 13.2. The summed E-state index contributed by atoms with van der Waals surface area (Å²) in [6.45, 7) is 0. The number of rotatable bonds is 2. The number of hydrogen-bond donors (Lipinski definition) is 0. The van der Waals surface area contributed by atoms with Crippen LogP contribution in [0.1, 0.15) is 16.7 Å². The second-order valence-electron chi connectivity index (χ2n) is 5.12.